The second-order valence-electron chi connectivity index (χ2n) is 6.71. The smallest absolute Gasteiger partial charge is 0.235 e. The van der Waals surface area contributed by atoms with E-state index in [4.69, 9.17) is 9.72 Å². The molecule has 2 heterocycles. The summed E-state index contributed by atoms with van der Waals surface area (Å²) in [5, 5.41) is 0.665. The number of likely N-dealkylation sites (tertiary alicyclic amines) is 1. The fourth-order valence-corrected chi connectivity index (χ4v) is 4.49. The van der Waals surface area contributed by atoms with Crippen molar-refractivity contribution in [3.63, 3.8) is 0 Å². The van der Waals surface area contributed by atoms with Crippen LogP contribution in [-0.4, -0.2) is 45.8 Å². The number of imidazole rings is 1. The van der Waals surface area contributed by atoms with Crippen LogP contribution >= 0.6 is 11.8 Å². The molecule has 2 aromatic carbocycles. The molecule has 1 amide bonds. The Morgan fingerprint density at radius 3 is 2.52 bits per heavy atom. The van der Waals surface area contributed by atoms with E-state index in [0.717, 1.165) is 53.6 Å². The normalized spacial score (nSPS) is 15.3. The summed E-state index contributed by atoms with van der Waals surface area (Å²) in [7, 11) is 1.66. The zero-order valence-electron chi connectivity index (χ0n) is 15.6. The maximum atomic E-state index is 12.7. The van der Waals surface area contributed by atoms with Crippen molar-refractivity contribution in [3.05, 3.63) is 48.5 Å². The van der Waals surface area contributed by atoms with E-state index in [1.165, 1.54) is 11.8 Å². The van der Waals surface area contributed by atoms with Gasteiger partial charge in [0.2, 0.25) is 5.91 Å². The average molecular weight is 382 g/mol. The third kappa shape index (κ3) is 3.54. The van der Waals surface area contributed by atoms with E-state index in [9.17, 15) is 4.79 Å². The fraction of sp³-hybridized carbons (Fsp3) is 0.333. The van der Waals surface area contributed by atoms with Crippen LogP contribution in [0.2, 0.25) is 0 Å². The number of benzene rings is 2. The summed E-state index contributed by atoms with van der Waals surface area (Å²) < 4.78 is 7.40. The number of methoxy groups -OCH3 is 1. The molecule has 0 N–H and O–H groups in total. The van der Waals surface area contributed by atoms with Gasteiger partial charge in [-0.3, -0.25) is 9.36 Å². The molecule has 1 saturated heterocycles. The van der Waals surface area contributed by atoms with Gasteiger partial charge in [0.25, 0.3) is 0 Å². The van der Waals surface area contributed by atoms with Gasteiger partial charge in [0.1, 0.15) is 5.75 Å². The van der Waals surface area contributed by atoms with Crippen LogP contribution < -0.4 is 4.74 Å². The molecule has 1 aliphatic heterocycles. The Hall–Kier alpha value is -2.47. The molecule has 0 radical (unpaired) electrons. The van der Waals surface area contributed by atoms with Crippen molar-refractivity contribution >= 4 is 28.7 Å². The molecule has 140 valence electrons. The number of rotatable bonds is 5. The molecule has 0 bridgehead atoms. The number of aromatic nitrogens is 2. The quantitative estimate of drug-likeness (QED) is 0.623. The predicted molar refractivity (Wildman–Crippen MR) is 109 cm³/mol. The molecule has 5 nitrogen and oxygen atoms in total. The standard InChI is InChI=1S/C21H23N3O2S/c1-15(20(25)23-13-5-6-14-23)27-21-22-18-7-3-4-8-19(18)24(21)16-9-11-17(26-2)12-10-16/h3-4,7-12,15H,5-6,13-14H2,1-2H3. The van der Waals surface area contributed by atoms with Gasteiger partial charge in [0, 0.05) is 18.8 Å². The van der Waals surface area contributed by atoms with Crippen molar-refractivity contribution in [3.8, 4) is 11.4 Å². The van der Waals surface area contributed by atoms with E-state index < -0.39 is 0 Å². The minimum atomic E-state index is -0.170. The van der Waals surface area contributed by atoms with Gasteiger partial charge in [-0.2, -0.15) is 0 Å². The van der Waals surface area contributed by atoms with Gasteiger partial charge >= 0.3 is 0 Å². The van der Waals surface area contributed by atoms with Gasteiger partial charge in [0.15, 0.2) is 5.16 Å². The van der Waals surface area contributed by atoms with E-state index >= 15 is 0 Å². The van der Waals surface area contributed by atoms with Gasteiger partial charge in [-0.25, -0.2) is 4.98 Å². The molecular weight excluding hydrogens is 358 g/mol. The first-order chi connectivity index (χ1) is 13.2. The number of hydrogen-bond donors (Lipinski definition) is 0. The number of para-hydroxylation sites is 2. The summed E-state index contributed by atoms with van der Waals surface area (Å²) in [5.74, 6) is 1.01. The van der Waals surface area contributed by atoms with Crippen LogP contribution in [0.15, 0.2) is 53.7 Å². The summed E-state index contributed by atoms with van der Waals surface area (Å²) in [6.45, 7) is 3.72. The molecule has 0 aliphatic carbocycles. The first-order valence-electron chi connectivity index (χ1n) is 9.25. The number of thioether (sulfide) groups is 1. The third-order valence-electron chi connectivity index (χ3n) is 4.91. The van der Waals surface area contributed by atoms with E-state index in [1.54, 1.807) is 7.11 Å². The Morgan fingerprint density at radius 2 is 1.81 bits per heavy atom. The molecule has 1 unspecified atom stereocenters. The molecule has 6 heteroatoms. The van der Waals surface area contributed by atoms with E-state index in [-0.39, 0.29) is 11.2 Å². The van der Waals surface area contributed by atoms with Gasteiger partial charge in [0.05, 0.1) is 23.4 Å². The number of carbonyl (C=O) groups excluding carboxylic acids is 1. The van der Waals surface area contributed by atoms with E-state index in [1.807, 2.05) is 54.3 Å². The first-order valence-corrected chi connectivity index (χ1v) is 10.1. The van der Waals surface area contributed by atoms with Gasteiger partial charge < -0.3 is 9.64 Å². The number of hydrogen-bond acceptors (Lipinski definition) is 4. The number of fused-ring (bicyclic) bond motifs is 1. The Labute approximate surface area is 163 Å². The van der Waals surface area contributed by atoms with Crippen LogP contribution in [-0.2, 0) is 4.79 Å². The Kier molecular flexibility index (Phi) is 5.07. The lowest BCUT2D eigenvalue weighted by atomic mass is 10.2. The second kappa shape index (κ2) is 7.64. The van der Waals surface area contributed by atoms with Crippen LogP contribution in [0.1, 0.15) is 19.8 Å². The summed E-state index contributed by atoms with van der Waals surface area (Å²) in [5.41, 5.74) is 2.97. The zero-order chi connectivity index (χ0) is 18.8. The van der Waals surface area contributed by atoms with Crippen molar-refractivity contribution in [1.82, 2.24) is 14.5 Å². The van der Waals surface area contributed by atoms with E-state index in [0.29, 0.717) is 0 Å². The Morgan fingerprint density at radius 1 is 1.11 bits per heavy atom. The largest absolute Gasteiger partial charge is 0.497 e. The van der Waals surface area contributed by atoms with Crippen molar-refractivity contribution < 1.29 is 9.53 Å². The van der Waals surface area contributed by atoms with Crippen LogP contribution in [0.25, 0.3) is 16.7 Å². The maximum Gasteiger partial charge on any atom is 0.235 e. The molecular formula is C21H23N3O2S. The molecule has 1 atom stereocenters. The van der Waals surface area contributed by atoms with Crippen molar-refractivity contribution in [2.75, 3.05) is 20.2 Å². The molecule has 3 aromatic rings. The van der Waals surface area contributed by atoms with Gasteiger partial charge in [-0.1, -0.05) is 23.9 Å². The molecule has 1 aliphatic rings. The van der Waals surface area contributed by atoms with Crippen molar-refractivity contribution in [2.24, 2.45) is 0 Å². The first kappa shape index (κ1) is 17.9. The summed E-state index contributed by atoms with van der Waals surface area (Å²) in [6, 6.07) is 16.0. The topological polar surface area (TPSA) is 47.4 Å². The van der Waals surface area contributed by atoms with Crippen molar-refractivity contribution in [1.29, 1.82) is 0 Å². The molecule has 0 saturated carbocycles. The zero-order valence-corrected chi connectivity index (χ0v) is 16.4. The van der Waals surface area contributed by atoms with Crippen LogP contribution in [0.5, 0.6) is 5.75 Å². The Balaban J connectivity index is 1.70. The highest BCUT2D eigenvalue weighted by Gasteiger charge is 2.26. The lowest BCUT2D eigenvalue weighted by Crippen LogP contribution is -2.34. The highest BCUT2D eigenvalue weighted by Crippen LogP contribution is 2.32. The number of ether oxygens (including phenoxy) is 1. The lowest BCUT2D eigenvalue weighted by Gasteiger charge is -2.20. The molecule has 1 aromatic heterocycles. The highest BCUT2D eigenvalue weighted by atomic mass is 32.2. The highest BCUT2D eigenvalue weighted by molar-refractivity contribution is 8.00. The molecule has 4 rings (SSSR count). The maximum absolute atomic E-state index is 12.7. The minimum absolute atomic E-state index is 0.170. The third-order valence-corrected chi connectivity index (χ3v) is 5.95. The monoisotopic (exact) mass is 381 g/mol. The average Bonchev–Trinajstić information content (AvgIpc) is 3.35. The minimum Gasteiger partial charge on any atom is -0.497 e. The SMILES string of the molecule is COc1ccc(-n2c(SC(C)C(=O)N3CCCC3)nc3ccccc32)cc1. The molecule has 0 spiro atoms. The number of carbonyl (C=O) groups is 1. The molecule has 1 fully saturated rings. The summed E-state index contributed by atoms with van der Waals surface area (Å²) >= 11 is 1.53. The number of amides is 1. The summed E-state index contributed by atoms with van der Waals surface area (Å²) in [6.07, 6.45) is 2.21. The van der Waals surface area contributed by atoms with E-state index in [2.05, 4.69) is 10.6 Å². The fourth-order valence-electron chi connectivity index (χ4n) is 3.47. The van der Waals surface area contributed by atoms with Crippen LogP contribution in [0, 0.1) is 0 Å². The number of nitrogens with zero attached hydrogens (tertiary/aromatic N) is 3. The second-order valence-corrected chi connectivity index (χ2v) is 8.02. The predicted octanol–water partition coefficient (Wildman–Crippen LogP) is 4.14. The van der Waals surface area contributed by atoms with Gasteiger partial charge in [-0.15, -0.1) is 0 Å². The lowest BCUT2D eigenvalue weighted by molar-refractivity contribution is -0.129. The molecule has 27 heavy (non-hydrogen) atoms. The van der Waals surface area contributed by atoms with Gasteiger partial charge in [-0.05, 0) is 56.2 Å². The van der Waals surface area contributed by atoms with Crippen LogP contribution in [0.3, 0.4) is 0 Å². The Bertz CT molecular complexity index is 946. The van der Waals surface area contributed by atoms with Crippen molar-refractivity contribution in [2.45, 2.75) is 30.2 Å². The summed E-state index contributed by atoms with van der Waals surface area (Å²) in [4.78, 5) is 19.5. The van der Waals surface area contributed by atoms with Crippen LogP contribution in [0.4, 0.5) is 0 Å².